The van der Waals surface area contributed by atoms with Crippen molar-refractivity contribution in [3.63, 3.8) is 0 Å². The Kier molecular flexibility index (Phi) is 6.09. The van der Waals surface area contributed by atoms with E-state index in [1.807, 2.05) is 17.0 Å². The van der Waals surface area contributed by atoms with E-state index in [9.17, 15) is 9.59 Å². The summed E-state index contributed by atoms with van der Waals surface area (Å²) in [6, 6.07) is 6.26. The van der Waals surface area contributed by atoms with Gasteiger partial charge >= 0.3 is 0 Å². The van der Waals surface area contributed by atoms with Gasteiger partial charge in [0.05, 0.1) is 0 Å². The van der Waals surface area contributed by atoms with E-state index in [2.05, 4.69) is 39.1 Å². The number of carbonyl (C=O) groups is 2. The predicted octanol–water partition coefficient (Wildman–Crippen LogP) is 2.80. The third-order valence-corrected chi connectivity index (χ3v) is 4.55. The van der Waals surface area contributed by atoms with E-state index in [-0.39, 0.29) is 29.9 Å². The lowest BCUT2D eigenvalue weighted by molar-refractivity contribution is -0.134. The Morgan fingerprint density at radius 1 is 1.24 bits per heavy atom. The normalized spacial score (nSPS) is 15.8. The SMILES string of the molecule is CC(=O)NC1CCN(C(=O)COc2ccc(C)cc2C(C)(C)C)CC1. The minimum Gasteiger partial charge on any atom is -0.483 e. The number of benzene rings is 1. The molecule has 0 radical (unpaired) electrons. The molecule has 5 nitrogen and oxygen atoms in total. The first-order valence-corrected chi connectivity index (χ1v) is 8.95. The first kappa shape index (κ1) is 19.3. The third-order valence-electron chi connectivity index (χ3n) is 4.55. The lowest BCUT2D eigenvalue weighted by Crippen LogP contribution is -2.47. The summed E-state index contributed by atoms with van der Waals surface area (Å²) in [5.41, 5.74) is 2.26. The molecule has 0 unspecified atom stereocenters. The van der Waals surface area contributed by atoms with Gasteiger partial charge in [-0.15, -0.1) is 0 Å². The van der Waals surface area contributed by atoms with Crippen LogP contribution in [0.2, 0.25) is 0 Å². The number of ether oxygens (including phenoxy) is 1. The fourth-order valence-corrected chi connectivity index (χ4v) is 3.15. The van der Waals surface area contributed by atoms with Gasteiger partial charge in [-0.1, -0.05) is 38.5 Å². The lowest BCUT2D eigenvalue weighted by atomic mass is 9.85. The molecule has 1 aromatic rings. The molecule has 25 heavy (non-hydrogen) atoms. The summed E-state index contributed by atoms with van der Waals surface area (Å²) in [6.07, 6.45) is 1.59. The molecule has 0 bridgehead atoms. The van der Waals surface area contributed by atoms with Gasteiger partial charge in [0.2, 0.25) is 5.91 Å². The monoisotopic (exact) mass is 346 g/mol. The summed E-state index contributed by atoms with van der Waals surface area (Å²) in [5.74, 6) is 0.767. The Morgan fingerprint density at radius 3 is 2.44 bits per heavy atom. The van der Waals surface area contributed by atoms with Crippen LogP contribution in [0.15, 0.2) is 18.2 Å². The third kappa shape index (κ3) is 5.48. The van der Waals surface area contributed by atoms with Crippen LogP contribution in [0.4, 0.5) is 0 Å². The van der Waals surface area contributed by atoms with Gasteiger partial charge in [0.25, 0.3) is 5.91 Å². The van der Waals surface area contributed by atoms with Crippen molar-refractivity contribution in [1.29, 1.82) is 0 Å². The topological polar surface area (TPSA) is 58.6 Å². The standard InChI is InChI=1S/C20H30N2O3/c1-14-6-7-18(17(12-14)20(3,4)5)25-13-19(24)22-10-8-16(9-11-22)21-15(2)23/h6-7,12,16H,8-11,13H2,1-5H3,(H,21,23). The fourth-order valence-electron chi connectivity index (χ4n) is 3.15. The minimum atomic E-state index is -0.0406. The summed E-state index contributed by atoms with van der Waals surface area (Å²) in [4.78, 5) is 25.4. The Bertz CT molecular complexity index is 626. The maximum absolute atomic E-state index is 12.4. The highest BCUT2D eigenvalue weighted by Gasteiger charge is 2.24. The molecule has 1 saturated heterocycles. The summed E-state index contributed by atoms with van der Waals surface area (Å²) < 4.78 is 5.86. The van der Waals surface area contributed by atoms with Crippen molar-refractivity contribution >= 4 is 11.8 Å². The lowest BCUT2D eigenvalue weighted by Gasteiger charge is -2.32. The second-order valence-electron chi connectivity index (χ2n) is 7.89. The molecule has 1 N–H and O–H groups in total. The molecular weight excluding hydrogens is 316 g/mol. The van der Waals surface area contributed by atoms with Crippen molar-refractivity contribution < 1.29 is 14.3 Å². The number of piperidine rings is 1. The predicted molar refractivity (Wildman–Crippen MR) is 98.8 cm³/mol. The molecule has 1 aliphatic heterocycles. The average Bonchev–Trinajstić information content (AvgIpc) is 2.52. The molecule has 2 amide bonds. The number of hydrogen-bond donors (Lipinski definition) is 1. The van der Waals surface area contributed by atoms with E-state index in [0.717, 1.165) is 24.2 Å². The van der Waals surface area contributed by atoms with Crippen LogP contribution in [0, 0.1) is 6.92 Å². The zero-order chi connectivity index (χ0) is 18.6. The molecule has 1 aliphatic rings. The molecule has 138 valence electrons. The smallest absolute Gasteiger partial charge is 0.260 e. The van der Waals surface area contributed by atoms with Crippen molar-refractivity contribution in [2.75, 3.05) is 19.7 Å². The number of nitrogens with one attached hydrogen (secondary N) is 1. The number of nitrogens with zero attached hydrogens (tertiary/aromatic N) is 1. The van der Waals surface area contributed by atoms with Gasteiger partial charge in [0.15, 0.2) is 6.61 Å². The largest absolute Gasteiger partial charge is 0.483 e. The molecule has 0 aliphatic carbocycles. The molecule has 1 fully saturated rings. The van der Waals surface area contributed by atoms with Crippen LogP contribution in [0.3, 0.4) is 0 Å². The molecule has 5 heteroatoms. The van der Waals surface area contributed by atoms with Crippen LogP contribution in [0.5, 0.6) is 5.75 Å². The molecule has 0 aromatic heterocycles. The molecule has 0 saturated carbocycles. The average molecular weight is 346 g/mol. The van der Waals surface area contributed by atoms with Gasteiger partial charge in [0.1, 0.15) is 5.75 Å². The molecule has 1 heterocycles. The quantitative estimate of drug-likeness (QED) is 0.912. The van der Waals surface area contributed by atoms with Gasteiger partial charge in [-0.05, 0) is 36.8 Å². The Morgan fingerprint density at radius 2 is 1.88 bits per heavy atom. The highest BCUT2D eigenvalue weighted by molar-refractivity contribution is 5.78. The highest BCUT2D eigenvalue weighted by Crippen LogP contribution is 2.32. The van der Waals surface area contributed by atoms with Crippen LogP contribution in [0.25, 0.3) is 0 Å². The molecular formula is C20H30N2O3. The van der Waals surface area contributed by atoms with Gasteiger partial charge in [-0.3, -0.25) is 9.59 Å². The Balaban J connectivity index is 1.92. The molecule has 2 rings (SSSR count). The second-order valence-corrected chi connectivity index (χ2v) is 7.89. The number of carbonyl (C=O) groups excluding carboxylic acids is 2. The summed E-state index contributed by atoms with van der Waals surface area (Å²) in [7, 11) is 0. The second kappa shape index (κ2) is 7.89. The van der Waals surface area contributed by atoms with Crippen molar-refractivity contribution in [2.24, 2.45) is 0 Å². The van der Waals surface area contributed by atoms with Crippen LogP contribution < -0.4 is 10.1 Å². The zero-order valence-corrected chi connectivity index (χ0v) is 16.0. The Hall–Kier alpha value is -2.04. The van der Waals surface area contributed by atoms with Gasteiger partial charge in [0, 0.05) is 26.1 Å². The number of hydrogen-bond acceptors (Lipinski definition) is 3. The first-order chi connectivity index (χ1) is 11.7. The first-order valence-electron chi connectivity index (χ1n) is 8.95. The van der Waals surface area contributed by atoms with Gasteiger partial charge < -0.3 is 15.0 Å². The van der Waals surface area contributed by atoms with Crippen molar-refractivity contribution in [1.82, 2.24) is 10.2 Å². The number of amides is 2. The van der Waals surface area contributed by atoms with Gasteiger partial charge in [-0.2, -0.15) is 0 Å². The number of rotatable bonds is 4. The van der Waals surface area contributed by atoms with E-state index in [0.29, 0.717) is 13.1 Å². The summed E-state index contributed by atoms with van der Waals surface area (Å²) >= 11 is 0. The molecule has 0 spiro atoms. The number of aryl methyl sites for hydroxylation is 1. The zero-order valence-electron chi connectivity index (χ0n) is 16.0. The fraction of sp³-hybridized carbons (Fsp3) is 0.600. The molecule has 0 atom stereocenters. The maximum Gasteiger partial charge on any atom is 0.260 e. The van der Waals surface area contributed by atoms with Crippen LogP contribution in [-0.4, -0.2) is 42.5 Å². The van der Waals surface area contributed by atoms with Gasteiger partial charge in [-0.25, -0.2) is 0 Å². The van der Waals surface area contributed by atoms with Crippen molar-refractivity contribution in [3.8, 4) is 5.75 Å². The van der Waals surface area contributed by atoms with Crippen LogP contribution in [0.1, 0.15) is 51.7 Å². The van der Waals surface area contributed by atoms with Crippen LogP contribution >= 0.6 is 0 Å². The van der Waals surface area contributed by atoms with E-state index in [1.54, 1.807) is 0 Å². The van der Waals surface area contributed by atoms with Crippen molar-refractivity contribution in [3.05, 3.63) is 29.3 Å². The highest BCUT2D eigenvalue weighted by atomic mass is 16.5. The van der Waals surface area contributed by atoms with E-state index < -0.39 is 0 Å². The Labute approximate surface area is 150 Å². The van der Waals surface area contributed by atoms with Crippen molar-refractivity contribution in [2.45, 2.75) is 58.9 Å². The summed E-state index contributed by atoms with van der Waals surface area (Å²) in [6.45, 7) is 11.4. The van der Waals surface area contributed by atoms with Crippen LogP contribution in [-0.2, 0) is 15.0 Å². The minimum absolute atomic E-state index is 0.00158. The van der Waals surface area contributed by atoms with E-state index in [1.165, 1.54) is 12.5 Å². The number of likely N-dealkylation sites (tertiary alicyclic amines) is 1. The molecule has 1 aromatic carbocycles. The summed E-state index contributed by atoms with van der Waals surface area (Å²) in [5, 5.41) is 2.92. The maximum atomic E-state index is 12.4. The van der Waals surface area contributed by atoms with E-state index >= 15 is 0 Å². The van der Waals surface area contributed by atoms with E-state index in [4.69, 9.17) is 4.74 Å².